The number of carbonyl (C=O) groups excluding carboxylic acids is 3. The normalized spacial score (nSPS) is 47.0. The molecule has 0 bridgehead atoms. The van der Waals surface area contributed by atoms with Crippen molar-refractivity contribution in [3.05, 3.63) is 59.2 Å². The molecule has 4 saturated carbocycles. The average molecular weight is 1160 g/mol. The molecule has 22 heteroatoms. The SMILES string of the molecule is C/C=C(/C)C(=O)O[C@H]1[C@H](OC(=O)c2ccccc2)C(C)(C)C[C@H]2C3=CC[C@@H]4[C@@]5(C)CC[C@H](O[C@@H]6O[C@H](C(=O)OC)[C@@H](O)[C@H](O[C@@H]7OC[C@@H](O)[C@H](O)[C@H]7O)[C@H]6O[C@@H]6O[C@H](CO)[C@@H](O)[C@H](O)[C@H]6O)C(C)(C)[C@@H]5CC[C@@]4(C)[C@]3(C)C[C@@H](O)[C@]21CO. The summed E-state index contributed by atoms with van der Waals surface area (Å²) in [6.45, 7) is 16.4. The van der Waals surface area contributed by atoms with Gasteiger partial charge in [-0.3, -0.25) is 0 Å². The number of fused-ring (bicyclic) bond motifs is 7. The smallest absolute Gasteiger partial charge is 0.338 e. The van der Waals surface area contributed by atoms with Crippen LogP contribution in [0.2, 0.25) is 0 Å². The molecule has 3 heterocycles. The van der Waals surface area contributed by atoms with E-state index in [9.17, 15) is 65.4 Å². The lowest BCUT2D eigenvalue weighted by Crippen LogP contribution is -2.72. The number of hydrogen-bond donors (Lipinski definition) is 10. The Morgan fingerprint density at radius 2 is 1.39 bits per heavy atom. The number of aliphatic hydroxyl groups excluding tert-OH is 10. The highest BCUT2D eigenvalue weighted by Gasteiger charge is 2.74. The third kappa shape index (κ3) is 10.2. The summed E-state index contributed by atoms with van der Waals surface area (Å²) in [7, 11) is 1.08. The molecule has 0 spiro atoms. The third-order valence-electron chi connectivity index (χ3n) is 21.7. The molecule has 82 heavy (non-hydrogen) atoms. The number of hydrogen-bond acceptors (Lipinski definition) is 22. The van der Waals surface area contributed by atoms with E-state index in [2.05, 4.69) is 40.7 Å². The molecule has 0 aromatic heterocycles. The van der Waals surface area contributed by atoms with Crippen LogP contribution in [-0.2, 0) is 52.2 Å². The summed E-state index contributed by atoms with van der Waals surface area (Å²) < 4.78 is 55.0. The molecule has 0 amide bonds. The monoisotopic (exact) mass is 1160 g/mol. The Kier molecular flexibility index (Phi) is 17.9. The molecular formula is C60H88O22. The highest BCUT2D eigenvalue weighted by atomic mass is 16.8. The topological polar surface area (TPSA) is 337 Å². The third-order valence-corrected chi connectivity index (χ3v) is 21.7. The fourth-order valence-corrected chi connectivity index (χ4v) is 16.6. The van der Waals surface area contributed by atoms with Gasteiger partial charge in [0.25, 0.3) is 0 Å². The number of ether oxygens (including phenoxy) is 9. The van der Waals surface area contributed by atoms with Gasteiger partial charge in [-0.1, -0.05) is 84.4 Å². The van der Waals surface area contributed by atoms with Crippen LogP contribution < -0.4 is 0 Å². The standard InChI is InChI=1S/C60H88O22/c1-11-28(2)49(71)82-48-47(81-50(72)29-15-13-12-14-16-29)55(3,4)23-31-30-17-18-35-57(7)21-20-37(56(5,6)34(57)19-22-58(35,8)59(30,9)24-36(64)60(31,48)27-62)77-54-46(80-53-42(69)40(67)39(66)33(25-61)76-53)44(43(70)45(79-54)51(73)74-10)78-52-41(68)38(65)32(63)26-75-52/h11-17,31-48,52-54,61-70H,18-27H2,1-10H3/b28-11-/t31-,32+,33+,34-,35+,36+,37-,38-,39+,40-,41+,42+,43-,44-,45-,46+,47-,48-,52-,53-,54+,57-,58+,59+,60-/m0/s1. The molecule has 460 valence electrons. The zero-order chi connectivity index (χ0) is 60.0. The summed E-state index contributed by atoms with van der Waals surface area (Å²) in [5.74, 6) is -2.83. The second-order valence-electron chi connectivity index (χ2n) is 26.6. The van der Waals surface area contributed by atoms with E-state index >= 15 is 0 Å². The van der Waals surface area contributed by atoms with Gasteiger partial charge < -0.3 is 93.7 Å². The second-order valence-corrected chi connectivity index (χ2v) is 26.6. The van der Waals surface area contributed by atoms with Crippen molar-refractivity contribution in [1.29, 1.82) is 0 Å². The van der Waals surface area contributed by atoms with Gasteiger partial charge in [0.1, 0.15) is 67.1 Å². The molecule has 3 saturated heterocycles. The molecule has 5 aliphatic carbocycles. The molecule has 1 aromatic carbocycles. The molecule has 9 rings (SSSR count). The van der Waals surface area contributed by atoms with Gasteiger partial charge in [-0.25, -0.2) is 14.4 Å². The van der Waals surface area contributed by atoms with Gasteiger partial charge in [0, 0.05) is 11.0 Å². The Hall–Kier alpha value is -3.53. The maximum absolute atomic E-state index is 13.9. The van der Waals surface area contributed by atoms with E-state index in [0.717, 1.165) is 12.7 Å². The van der Waals surface area contributed by atoms with Gasteiger partial charge in [0.15, 0.2) is 31.1 Å². The van der Waals surface area contributed by atoms with E-state index in [1.165, 1.54) is 0 Å². The van der Waals surface area contributed by atoms with Gasteiger partial charge in [-0.2, -0.15) is 0 Å². The first kappa shape index (κ1) is 63.0. The predicted octanol–water partition coefficient (Wildman–Crippen LogP) is 1.73. The zero-order valence-corrected chi connectivity index (χ0v) is 48.6. The number of methoxy groups -OCH3 is 1. The van der Waals surface area contributed by atoms with Gasteiger partial charge in [-0.15, -0.1) is 0 Å². The number of benzene rings is 1. The van der Waals surface area contributed by atoms with Crippen LogP contribution in [0.5, 0.6) is 0 Å². The largest absolute Gasteiger partial charge is 0.467 e. The summed E-state index contributed by atoms with van der Waals surface area (Å²) in [5.41, 5.74) is -2.75. The fraction of sp³-hybridized carbons (Fsp3) is 0.783. The fourth-order valence-electron chi connectivity index (χ4n) is 16.6. The Labute approximate surface area is 478 Å². The van der Waals surface area contributed by atoms with Crippen LogP contribution in [0.3, 0.4) is 0 Å². The second kappa shape index (κ2) is 23.3. The maximum atomic E-state index is 13.9. The van der Waals surface area contributed by atoms with E-state index in [1.807, 2.05) is 13.8 Å². The van der Waals surface area contributed by atoms with Gasteiger partial charge >= 0.3 is 17.9 Å². The lowest BCUT2D eigenvalue weighted by atomic mass is 9.33. The van der Waals surface area contributed by atoms with E-state index in [-0.39, 0.29) is 23.7 Å². The number of rotatable bonds is 13. The molecule has 1 aromatic rings. The van der Waals surface area contributed by atoms with Crippen molar-refractivity contribution < 1.29 is 108 Å². The maximum Gasteiger partial charge on any atom is 0.338 e. The molecule has 8 aliphatic rings. The molecule has 0 unspecified atom stereocenters. The minimum Gasteiger partial charge on any atom is -0.467 e. The minimum absolute atomic E-state index is 0.0318. The van der Waals surface area contributed by atoms with Gasteiger partial charge in [0.2, 0.25) is 0 Å². The molecule has 7 fully saturated rings. The number of allylic oxidation sites excluding steroid dienone is 3. The van der Waals surface area contributed by atoms with Crippen molar-refractivity contribution in [2.75, 3.05) is 26.9 Å². The Bertz CT molecular complexity index is 2540. The summed E-state index contributed by atoms with van der Waals surface area (Å²) in [6.07, 6.45) is -21.4. The average Bonchev–Trinajstić information content (AvgIpc) is 0.792. The summed E-state index contributed by atoms with van der Waals surface area (Å²) in [5, 5.41) is 112. The highest BCUT2D eigenvalue weighted by molar-refractivity contribution is 5.90. The zero-order valence-electron chi connectivity index (χ0n) is 48.6. The molecular weight excluding hydrogens is 1070 g/mol. The highest BCUT2D eigenvalue weighted by Crippen LogP contribution is 2.76. The van der Waals surface area contributed by atoms with Crippen LogP contribution in [0.4, 0.5) is 0 Å². The van der Waals surface area contributed by atoms with Crippen molar-refractivity contribution in [1.82, 2.24) is 0 Å². The lowest BCUT2D eigenvalue weighted by Gasteiger charge is -2.72. The van der Waals surface area contributed by atoms with E-state index in [4.69, 9.17) is 42.6 Å². The van der Waals surface area contributed by atoms with Gasteiger partial charge in [-0.05, 0) is 110 Å². The first-order chi connectivity index (χ1) is 38.5. The van der Waals surface area contributed by atoms with Crippen LogP contribution in [0, 0.1) is 50.2 Å². The number of aliphatic hydroxyl groups is 10. The van der Waals surface area contributed by atoms with Crippen molar-refractivity contribution in [2.45, 2.75) is 218 Å². The van der Waals surface area contributed by atoms with Crippen molar-refractivity contribution in [3.8, 4) is 0 Å². The number of esters is 3. The van der Waals surface area contributed by atoms with Crippen LogP contribution in [0.15, 0.2) is 53.6 Å². The lowest BCUT2D eigenvalue weighted by molar-refractivity contribution is -0.392. The molecule has 22 nitrogen and oxygen atoms in total. The molecule has 10 N–H and O–H groups in total. The van der Waals surface area contributed by atoms with E-state index in [1.54, 1.807) is 50.3 Å². The Morgan fingerprint density at radius 3 is 2.04 bits per heavy atom. The molecule has 25 atom stereocenters. The molecule has 3 aliphatic heterocycles. The van der Waals surface area contributed by atoms with Crippen LogP contribution >= 0.6 is 0 Å². The first-order valence-electron chi connectivity index (χ1n) is 29.0. The Morgan fingerprint density at radius 1 is 0.720 bits per heavy atom. The van der Waals surface area contributed by atoms with Gasteiger partial charge in [0.05, 0.1) is 50.1 Å². The van der Waals surface area contributed by atoms with Crippen molar-refractivity contribution >= 4 is 17.9 Å². The first-order valence-corrected chi connectivity index (χ1v) is 29.0. The van der Waals surface area contributed by atoms with Crippen LogP contribution in [0.25, 0.3) is 0 Å². The Balaban J connectivity index is 1.04. The van der Waals surface area contributed by atoms with Crippen LogP contribution in [-0.4, -0.2) is 206 Å². The summed E-state index contributed by atoms with van der Waals surface area (Å²) in [6, 6.07) is 8.53. The minimum atomic E-state index is -1.98. The van der Waals surface area contributed by atoms with E-state index < -0.39 is 181 Å². The summed E-state index contributed by atoms with van der Waals surface area (Å²) >= 11 is 0. The quantitative estimate of drug-likeness (QED) is 0.0442. The van der Waals surface area contributed by atoms with E-state index in [0.29, 0.717) is 49.7 Å². The van der Waals surface area contributed by atoms with Crippen LogP contribution in [0.1, 0.15) is 118 Å². The van der Waals surface area contributed by atoms with Crippen molar-refractivity contribution in [2.24, 2.45) is 50.2 Å². The molecule has 0 radical (unpaired) electrons. The van der Waals surface area contributed by atoms with Crippen molar-refractivity contribution in [3.63, 3.8) is 0 Å². The number of carbonyl (C=O) groups is 3. The summed E-state index contributed by atoms with van der Waals surface area (Å²) in [4.78, 5) is 41.4. The predicted molar refractivity (Wildman–Crippen MR) is 286 cm³/mol.